The number of halogens is 6. The van der Waals surface area contributed by atoms with E-state index in [2.05, 4.69) is 9.88 Å². The van der Waals surface area contributed by atoms with Gasteiger partial charge in [0.25, 0.3) is 5.56 Å². The Bertz CT molecular complexity index is 1810. The smallest absolute Gasteiger partial charge is 0.336 e. The third-order valence-corrected chi connectivity index (χ3v) is 9.33. The Balaban J connectivity index is 1.37. The van der Waals surface area contributed by atoms with Crippen LogP contribution < -0.4 is 5.56 Å². The minimum absolute atomic E-state index is 0.0418. The van der Waals surface area contributed by atoms with Crippen LogP contribution in [-0.4, -0.2) is 51.4 Å². The second kappa shape index (κ2) is 15.6. The Kier molecular flexibility index (Phi) is 11.5. The van der Waals surface area contributed by atoms with Gasteiger partial charge in [0.05, 0.1) is 11.1 Å². The molecule has 0 spiro atoms. The summed E-state index contributed by atoms with van der Waals surface area (Å²) in [5, 5.41) is 0. The van der Waals surface area contributed by atoms with Crippen molar-refractivity contribution < 1.29 is 31.1 Å². The van der Waals surface area contributed by atoms with Gasteiger partial charge in [-0.1, -0.05) is 62.4 Å². The molecule has 12 heteroatoms. The molecule has 1 aromatic heterocycles. The fraction of sp³-hybridized carbons (Fsp3) is 0.395. The zero-order valence-electron chi connectivity index (χ0n) is 28.1. The highest BCUT2D eigenvalue weighted by atomic mass is 19.4. The Morgan fingerprint density at radius 1 is 0.740 bits per heavy atom. The molecule has 1 heterocycles. The van der Waals surface area contributed by atoms with Crippen LogP contribution in [0.3, 0.4) is 0 Å². The molecule has 3 aromatic carbocycles. The van der Waals surface area contributed by atoms with Crippen molar-refractivity contribution in [1.29, 1.82) is 0 Å². The normalized spacial score (nSPS) is 13.1. The molecule has 5 rings (SSSR count). The molecular formula is C38H40F6N4O2. The number of carbonyl (C=O) groups is 1. The average Bonchev–Trinajstić information content (AvgIpc) is 3.59. The number of carbonyl (C=O) groups excluding carboxylic acids is 1. The number of alkyl halides is 6. The Morgan fingerprint density at radius 3 is 1.84 bits per heavy atom. The largest absolute Gasteiger partial charge is 0.416 e. The molecule has 6 nitrogen and oxygen atoms in total. The third-order valence-electron chi connectivity index (χ3n) is 9.33. The van der Waals surface area contributed by atoms with E-state index >= 15 is 0 Å². The first-order valence-electron chi connectivity index (χ1n) is 16.8. The number of aryl methyl sites for hydroxylation is 2. The van der Waals surface area contributed by atoms with Gasteiger partial charge < -0.3 is 14.4 Å². The molecule has 266 valence electrons. The SMILES string of the molecule is CCN(CC)CCN(Cc1ccc(-c2ccc(C(F)(F)F)cc2)cc1)C(=O)Cn1c(CCc2ccc(C(F)(F)F)cc2)nc(=O)c2c1CCC2. The lowest BCUT2D eigenvalue weighted by molar-refractivity contribution is -0.138. The molecule has 0 fully saturated rings. The van der Waals surface area contributed by atoms with Crippen LogP contribution in [0.2, 0.25) is 0 Å². The second-order valence-electron chi connectivity index (χ2n) is 12.5. The van der Waals surface area contributed by atoms with Crippen LogP contribution in [0.15, 0.2) is 77.6 Å². The number of benzene rings is 3. The zero-order chi connectivity index (χ0) is 36.1. The minimum atomic E-state index is -4.44. The van der Waals surface area contributed by atoms with Gasteiger partial charge in [0.2, 0.25) is 5.91 Å². The first kappa shape index (κ1) is 36.8. The standard InChI is InChI=1S/C38H40F6N4O2/c1-3-46(4-2)22-23-47(24-27-8-13-28(14-9-27)29-15-19-31(20-16-29)38(42,43)44)35(49)25-48-33-7-5-6-32(33)36(50)45-34(48)21-12-26-10-17-30(18-11-26)37(39,40)41/h8-11,13-20H,3-7,12,21-25H2,1-2H3. The van der Waals surface area contributed by atoms with Crippen LogP contribution in [0.1, 0.15) is 59.6 Å². The van der Waals surface area contributed by atoms with Crippen molar-refractivity contribution in [2.24, 2.45) is 0 Å². The van der Waals surface area contributed by atoms with E-state index in [-0.39, 0.29) is 24.4 Å². The first-order chi connectivity index (χ1) is 23.8. The van der Waals surface area contributed by atoms with Gasteiger partial charge in [-0.25, -0.2) is 0 Å². The van der Waals surface area contributed by atoms with Crippen molar-refractivity contribution in [3.05, 3.63) is 122 Å². The molecule has 0 N–H and O–H groups in total. The van der Waals surface area contributed by atoms with E-state index in [1.54, 1.807) is 4.90 Å². The topological polar surface area (TPSA) is 58.4 Å². The fourth-order valence-electron chi connectivity index (χ4n) is 6.35. The highest BCUT2D eigenvalue weighted by molar-refractivity contribution is 5.76. The number of aromatic nitrogens is 2. The summed E-state index contributed by atoms with van der Waals surface area (Å²) in [5.74, 6) is 0.257. The second-order valence-corrected chi connectivity index (χ2v) is 12.5. The summed E-state index contributed by atoms with van der Waals surface area (Å²) in [5.41, 5.74) is 2.50. The third kappa shape index (κ3) is 9.01. The van der Waals surface area contributed by atoms with Crippen LogP contribution in [0, 0.1) is 0 Å². The van der Waals surface area contributed by atoms with Crippen molar-refractivity contribution in [2.75, 3.05) is 26.2 Å². The molecule has 0 bridgehead atoms. The van der Waals surface area contributed by atoms with E-state index in [9.17, 15) is 35.9 Å². The molecule has 0 saturated heterocycles. The van der Waals surface area contributed by atoms with Crippen molar-refractivity contribution in [3.63, 3.8) is 0 Å². The first-order valence-corrected chi connectivity index (χ1v) is 16.8. The van der Waals surface area contributed by atoms with Crippen LogP contribution >= 0.6 is 0 Å². The minimum Gasteiger partial charge on any atom is -0.336 e. The van der Waals surface area contributed by atoms with E-state index in [0.29, 0.717) is 61.4 Å². The summed E-state index contributed by atoms with van der Waals surface area (Å²) in [6, 6.07) is 17.2. The summed E-state index contributed by atoms with van der Waals surface area (Å²) >= 11 is 0. The maximum atomic E-state index is 14.1. The number of likely N-dealkylation sites (N-methyl/N-ethyl adjacent to an activating group) is 1. The van der Waals surface area contributed by atoms with Gasteiger partial charge in [0.1, 0.15) is 12.4 Å². The Labute approximate surface area is 287 Å². The molecule has 0 atom stereocenters. The van der Waals surface area contributed by atoms with Gasteiger partial charge in [-0.3, -0.25) is 9.59 Å². The average molecular weight is 699 g/mol. The summed E-state index contributed by atoms with van der Waals surface area (Å²) < 4.78 is 80.1. The number of hydrogen-bond acceptors (Lipinski definition) is 4. The molecule has 0 saturated carbocycles. The predicted molar refractivity (Wildman–Crippen MR) is 179 cm³/mol. The van der Waals surface area contributed by atoms with E-state index in [0.717, 1.165) is 60.6 Å². The number of amides is 1. The van der Waals surface area contributed by atoms with Crippen LogP contribution in [0.4, 0.5) is 26.3 Å². The number of nitrogens with zero attached hydrogens (tertiary/aromatic N) is 4. The molecular weight excluding hydrogens is 658 g/mol. The molecule has 4 aromatic rings. The lowest BCUT2D eigenvalue weighted by Crippen LogP contribution is -2.40. The molecule has 0 unspecified atom stereocenters. The zero-order valence-corrected chi connectivity index (χ0v) is 28.1. The lowest BCUT2D eigenvalue weighted by atomic mass is 10.0. The van der Waals surface area contributed by atoms with Gasteiger partial charge in [-0.15, -0.1) is 0 Å². The van der Waals surface area contributed by atoms with Crippen molar-refractivity contribution >= 4 is 5.91 Å². The molecule has 1 aliphatic rings. The molecule has 1 aliphatic carbocycles. The Morgan fingerprint density at radius 2 is 1.28 bits per heavy atom. The predicted octanol–water partition coefficient (Wildman–Crippen LogP) is 7.59. The number of hydrogen-bond donors (Lipinski definition) is 0. The maximum absolute atomic E-state index is 14.1. The van der Waals surface area contributed by atoms with Crippen LogP contribution in [0.5, 0.6) is 0 Å². The monoisotopic (exact) mass is 698 g/mol. The van der Waals surface area contributed by atoms with Gasteiger partial charge >= 0.3 is 12.4 Å². The van der Waals surface area contributed by atoms with Gasteiger partial charge in [-0.05, 0) is 85.3 Å². The molecule has 0 aliphatic heterocycles. The highest BCUT2D eigenvalue weighted by Crippen LogP contribution is 2.32. The van der Waals surface area contributed by atoms with Crippen molar-refractivity contribution in [2.45, 2.75) is 71.4 Å². The van der Waals surface area contributed by atoms with E-state index in [1.165, 1.54) is 24.3 Å². The van der Waals surface area contributed by atoms with E-state index < -0.39 is 23.5 Å². The maximum Gasteiger partial charge on any atom is 0.416 e. The van der Waals surface area contributed by atoms with Crippen LogP contribution in [-0.2, 0) is 55.9 Å². The van der Waals surface area contributed by atoms with Crippen molar-refractivity contribution in [3.8, 4) is 11.1 Å². The molecule has 50 heavy (non-hydrogen) atoms. The van der Waals surface area contributed by atoms with Gasteiger partial charge in [-0.2, -0.15) is 31.3 Å². The summed E-state index contributed by atoms with van der Waals surface area (Å²) in [6.45, 7) is 7.06. The fourth-order valence-corrected chi connectivity index (χ4v) is 6.35. The van der Waals surface area contributed by atoms with Gasteiger partial charge in [0, 0.05) is 37.3 Å². The summed E-state index contributed by atoms with van der Waals surface area (Å²) in [7, 11) is 0. The van der Waals surface area contributed by atoms with Gasteiger partial charge in [0.15, 0.2) is 0 Å². The van der Waals surface area contributed by atoms with E-state index in [1.807, 2.05) is 42.7 Å². The molecule has 1 amide bonds. The Hall–Kier alpha value is -4.45. The lowest BCUT2D eigenvalue weighted by Gasteiger charge is -2.28. The van der Waals surface area contributed by atoms with E-state index in [4.69, 9.17) is 0 Å². The number of rotatable bonds is 13. The van der Waals surface area contributed by atoms with Crippen molar-refractivity contribution in [1.82, 2.24) is 19.4 Å². The quantitative estimate of drug-likeness (QED) is 0.135. The summed E-state index contributed by atoms with van der Waals surface area (Å²) in [6.07, 6.45) is -6.28. The van der Waals surface area contributed by atoms with Crippen LogP contribution in [0.25, 0.3) is 11.1 Å². The number of fused-ring (bicyclic) bond motifs is 1. The summed E-state index contributed by atoms with van der Waals surface area (Å²) in [4.78, 5) is 35.4. The highest BCUT2D eigenvalue weighted by Gasteiger charge is 2.31. The molecule has 0 radical (unpaired) electrons.